The number of aryl methyl sites for hydroxylation is 1. The summed E-state index contributed by atoms with van der Waals surface area (Å²) in [6, 6.07) is 6.63. The van der Waals surface area contributed by atoms with E-state index in [0.717, 1.165) is 19.5 Å². The van der Waals surface area contributed by atoms with Crippen LogP contribution < -0.4 is 5.32 Å². The molecule has 1 aliphatic rings. The average Bonchev–Trinajstić information content (AvgIpc) is 3.15. The van der Waals surface area contributed by atoms with Crippen molar-refractivity contribution in [2.75, 3.05) is 13.1 Å². The number of rotatable bonds is 5. The SMILES string of the molecule is CC(C)N1Cc2ccnn2C(CCNC(=O)c2cccn2C)C1. The minimum absolute atomic E-state index is 0.0188. The lowest BCUT2D eigenvalue weighted by molar-refractivity contribution is 0.0935. The van der Waals surface area contributed by atoms with Gasteiger partial charge in [-0.25, -0.2) is 0 Å². The monoisotopic (exact) mass is 315 g/mol. The van der Waals surface area contributed by atoms with Crippen molar-refractivity contribution < 1.29 is 4.79 Å². The maximum Gasteiger partial charge on any atom is 0.267 e. The predicted octanol–water partition coefficient (Wildman–Crippen LogP) is 1.81. The van der Waals surface area contributed by atoms with Gasteiger partial charge < -0.3 is 9.88 Å². The second-order valence-electron chi connectivity index (χ2n) is 6.49. The van der Waals surface area contributed by atoms with Gasteiger partial charge in [-0.05, 0) is 38.5 Å². The molecular formula is C17H25N5O. The van der Waals surface area contributed by atoms with Gasteiger partial charge in [0.05, 0.1) is 11.7 Å². The second kappa shape index (κ2) is 6.58. The van der Waals surface area contributed by atoms with Crippen molar-refractivity contribution in [2.24, 2.45) is 7.05 Å². The van der Waals surface area contributed by atoms with Crippen molar-refractivity contribution in [3.05, 3.63) is 42.0 Å². The van der Waals surface area contributed by atoms with Gasteiger partial charge in [0.1, 0.15) is 5.69 Å². The van der Waals surface area contributed by atoms with E-state index in [0.29, 0.717) is 24.3 Å². The zero-order valence-electron chi connectivity index (χ0n) is 14.1. The summed E-state index contributed by atoms with van der Waals surface area (Å²) in [6.07, 6.45) is 4.63. The Labute approximate surface area is 137 Å². The highest BCUT2D eigenvalue weighted by Crippen LogP contribution is 2.24. The van der Waals surface area contributed by atoms with E-state index in [1.807, 2.05) is 36.1 Å². The number of nitrogens with zero attached hydrogens (tertiary/aromatic N) is 4. The number of amides is 1. The zero-order chi connectivity index (χ0) is 16.4. The van der Waals surface area contributed by atoms with Crippen LogP contribution in [-0.4, -0.2) is 44.3 Å². The van der Waals surface area contributed by atoms with E-state index in [-0.39, 0.29) is 5.91 Å². The van der Waals surface area contributed by atoms with Crippen molar-refractivity contribution in [1.82, 2.24) is 24.6 Å². The molecule has 1 amide bonds. The first-order valence-corrected chi connectivity index (χ1v) is 8.22. The number of nitrogens with one attached hydrogen (secondary N) is 1. The normalized spacial score (nSPS) is 18.2. The summed E-state index contributed by atoms with van der Waals surface area (Å²) in [5.74, 6) is -0.0188. The van der Waals surface area contributed by atoms with E-state index in [2.05, 4.69) is 39.9 Å². The highest BCUT2D eigenvalue weighted by Gasteiger charge is 2.26. The smallest absolute Gasteiger partial charge is 0.267 e. The third-order valence-electron chi connectivity index (χ3n) is 4.58. The molecule has 2 aromatic heterocycles. The molecule has 6 heteroatoms. The Morgan fingerprint density at radius 3 is 2.96 bits per heavy atom. The second-order valence-corrected chi connectivity index (χ2v) is 6.49. The Morgan fingerprint density at radius 1 is 1.43 bits per heavy atom. The lowest BCUT2D eigenvalue weighted by Gasteiger charge is -2.36. The van der Waals surface area contributed by atoms with E-state index in [9.17, 15) is 4.79 Å². The highest BCUT2D eigenvalue weighted by molar-refractivity contribution is 5.92. The molecular weight excluding hydrogens is 290 g/mol. The van der Waals surface area contributed by atoms with Gasteiger partial charge >= 0.3 is 0 Å². The third-order valence-corrected chi connectivity index (χ3v) is 4.58. The van der Waals surface area contributed by atoms with Crippen LogP contribution in [0.25, 0.3) is 0 Å². The number of carbonyl (C=O) groups is 1. The number of aromatic nitrogens is 3. The van der Waals surface area contributed by atoms with Crippen LogP contribution in [0.15, 0.2) is 30.6 Å². The maximum absolute atomic E-state index is 12.2. The van der Waals surface area contributed by atoms with Crippen LogP contribution >= 0.6 is 0 Å². The number of hydrogen-bond acceptors (Lipinski definition) is 3. The van der Waals surface area contributed by atoms with Crippen LogP contribution in [0.4, 0.5) is 0 Å². The summed E-state index contributed by atoms with van der Waals surface area (Å²) >= 11 is 0. The number of carbonyl (C=O) groups excluding carboxylic acids is 1. The average molecular weight is 315 g/mol. The Bertz CT molecular complexity index is 672. The van der Waals surface area contributed by atoms with Gasteiger partial charge in [-0.1, -0.05) is 0 Å². The fraction of sp³-hybridized carbons (Fsp3) is 0.529. The molecule has 0 aromatic carbocycles. The Kier molecular flexibility index (Phi) is 4.52. The summed E-state index contributed by atoms with van der Waals surface area (Å²) in [5.41, 5.74) is 1.95. The lowest BCUT2D eigenvalue weighted by Crippen LogP contribution is -2.42. The summed E-state index contributed by atoms with van der Waals surface area (Å²) in [6.45, 7) is 7.02. The van der Waals surface area contributed by atoms with Crippen LogP contribution in [-0.2, 0) is 13.6 Å². The van der Waals surface area contributed by atoms with Crippen molar-refractivity contribution in [1.29, 1.82) is 0 Å². The first kappa shape index (κ1) is 15.8. The van der Waals surface area contributed by atoms with Crippen molar-refractivity contribution in [3.8, 4) is 0 Å². The fourth-order valence-corrected chi connectivity index (χ4v) is 3.16. The van der Waals surface area contributed by atoms with Crippen molar-refractivity contribution in [2.45, 2.75) is 38.9 Å². The molecule has 1 N–H and O–H groups in total. The van der Waals surface area contributed by atoms with E-state index in [1.165, 1.54) is 5.69 Å². The fourth-order valence-electron chi connectivity index (χ4n) is 3.16. The van der Waals surface area contributed by atoms with Gasteiger partial charge in [0.2, 0.25) is 0 Å². The van der Waals surface area contributed by atoms with Crippen LogP contribution in [0.2, 0.25) is 0 Å². The summed E-state index contributed by atoms with van der Waals surface area (Å²) in [4.78, 5) is 14.6. The van der Waals surface area contributed by atoms with E-state index >= 15 is 0 Å². The van der Waals surface area contributed by atoms with Gasteiger partial charge in [-0.2, -0.15) is 5.10 Å². The molecule has 0 saturated heterocycles. The summed E-state index contributed by atoms with van der Waals surface area (Å²) in [7, 11) is 1.88. The van der Waals surface area contributed by atoms with Gasteiger partial charge in [0.15, 0.2) is 0 Å². The number of hydrogen-bond donors (Lipinski definition) is 1. The van der Waals surface area contributed by atoms with Gasteiger partial charge in [0, 0.05) is 45.1 Å². The highest BCUT2D eigenvalue weighted by atomic mass is 16.1. The van der Waals surface area contributed by atoms with Crippen molar-refractivity contribution in [3.63, 3.8) is 0 Å². The molecule has 3 heterocycles. The summed E-state index contributed by atoms with van der Waals surface area (Å²) < 4.78 is 3.95. The Balaban J connectivity index is 1.60. The van der Waals surface area contributed by atoms with Crippen LogP contribution in [0.1, 0.15) is 42.5 Å². The van der Waals surface area contributed by atoms with E-state index in [4.69, 9.17) is 0 Å². The Morgan fingerprint density at radius 2 is 2.26 bits per heavy atom. The van der Waals surface area contributed by atoms with Crippen LogP contribution in [0, 0.1) is 0 Å². The van der Waals surface area contributed by atoms with E-state index < -0.39 is 0 Å². The van der Waals surface area contributed by atoms with Gasteiger partial charge in [0.25, 0.3) is 5.91 Å². The molecule has 23 heavy (non-hydrogen) atoms. The molecule has 6 nitrogen and oxygen atoms in total. The minimum Gasteiger partial charge on any atom is -0.351 e. The summed E-state index contributed by atoms with van der Waals surface area (Å²) in [5, 5.41) is 7.49. The molecule has 3 rings (SSSR count). The minimum atomic E-state index is -0.0188. The molecule has 0 fully saturated rings. The maximum atomic E-state index is 12.2. The largest absolute Gasteiger partial charge is 0.351 e. The first-order chi connectivity index (χ1) is 11.1. The molecule has 0 saturated carbocycles. The quantitative estimate of drug-likeness (QED) is 0.915. The van der Waals surface area contributed by atoms with Gasteiger partial charge in [-0.3, -0.25) is 14.4 Å². The van der Waals surface area contributed by atoms with E-state index in [1.54, 1.807) is 0 Å². The molecule has 0 aliphatic carbocycles. The molecule has 0 radical (unpaired) electrons. The number of fused-ring (bicyclic) bond motifs is 1. The first-order valence-electron chi connectivity index (χ1n) is 8.22. The zero-order valence-corrected chi connectivity index (χ0v) is 14.1. The van der Waals surface area contributed by atoms with Crippen LogP contribution in [0.3, 0.4) is 0 Å². The van der Waals surface area contributed by atoms with Crippen LogP contribution in [0.5, 0.6) is 0 Å². The Hall–Kier alpha value is -2.08. The predicted molar refractivity (Wildman–Crippen MR) is 89.2 cm³/mol. The molecule has 1 unspecified atom stereocenters. The standard InChI is InChI=1S/C17H25N5O/c1-13(2)21-11-14(22-15(12-21)7-9-19-22)6-8-18-17(23)16-5-4-10-20(16)3/h4-5,7,9-10,13-14H,6,8,11-12H2,1-3H3,(H,18,23). The third kappa shape index (κ3) is 3.32. The van der Waals surface area contributed by atoms with Gasteiger partial charge in [-0.15, -0.1) is 0 Å². The molecule has 124 valence electrons. The lowest BCUT2D eigenvalue weighted by atomic mass is 10.1. The van der Waals surface area contributed by atoms with Crippen molar-refractivity contribution >= 4 is 5.91 Å². The molecule has 1 atom stereocenters. The molecule has 0 bridgehead atoms. The molecule has 2 aromatic rings. The molecule has 1 aliphatic heterocycles. The molecule has 0 spiro atoms. The topological polar surface area (TPSA) is 55.1 Å².